The van der Waals surface area contributed by atoms with Crippen LogP contribution in [0.1, 0.15) is 12.8 Å². The number of carbonyl (C=O) groups excluding carboxylic acids is 1. The van der Waals surface area contributed by atoms with Gasteiger partial charge in [-0.3, -0.25) is 4.79 Å². The van der Waals surface area contributed by atoms with Crippen molar-refractivity contribution in [2.24, 2.45) is 5.92 Å². The minimum atomic E-state index is -3.67. The molecule has 0 saturated carbocycles. The third-order valence-corrected chi connectivity index (χ3v) is 8.26. The number of carbonyl (C=O) groups is 1. The van der Waals surface area contributed by atoms with Crippen molar-refractivity contribution in [3.05, 3.63) is 36.9 Å². The van der Waals surface area contributed by atoms with Gasteiger partial charge in [0, 0.05) is 18.8 Å². The SMILES string of the molecule is C=CCSc1nnc(NC(=O)[C@@H]2CCCN(S(=O)(=O)c3ccc(OC)cc3)C2)s1. The van der Waals surface area contributed by atoms with Crippen LogP contribution in [-0.4, -0.2) is 54.8 Å². The number of hydrogen-bond donors (Lipinski definition) is 1. The largest absolute Gasteiger partial charge is 0.497 e. The summed E-state index contributed by atoms with van der Waals surface area (Å²) >= 11 is 2.78. The number of nitrogens with zero attached hydrogens (tertiary/aromatic N) is 3. The number of sulfonamides is 1. The lowest BCUT2D eigenvalue weighted by molar-refractivity contribution is -0.120. The fourth-order valence-electron chi connectivity index (χ4n) is 2.93. The molecular formula is C18H22N4O4S3. The summed E-state index contributed by atoms with van der Waals surface area (Å²) in [7, 11) is -2.15. The maximum Gasteiger partial charge on any atom is 0.243 e. The monoisotopic (exact) mass is 454 g/mol. The number of anilines is 1. The summed E-state index contributed by atoms with van der Waals surface area (Å²) in [6.45, 7) is 4.18. The van der Waals surface area contributed by atoms with E-state index in [1.54, 1.807) is 18.2 Å². The first-order chi connectivity index (χ1) is 13.9. The Morgan fingerprint density at radius 1 is 1.41 bits per heavy atom. The molecule has 1 aliphatic rings. The lowest BCUT2D eigenvalue weighted by Gasteiger charge is -2.31. The molecule has 1 fully saturated rings. The van der Waals surface area contributed by atoms with Crippen molar-refractivity contribution in [2.45, 2.75) is 22.1 Å². The number of nitrogens with one attached hydrogen (secondary N) is 1. The summed E-state index contributed by atoms with van der Waals surface area (Å²) in [5.74, 6) is 0.618. The van der Waals surface area contributed by atoms with E-state index in [1.807, 2.05) is 0 Å². The Hall–Kier alpha value is -1.95. The second kappa shape index (κ2) is 9.70. The van der Waals surface area contributed by atoms with Crippen molar-refractivity contribution in [3.8, 4) is 5.75 Å². The predicted molar refractivity (Wildman–Crippen MR) is 114 cm³/mol. The van der Waals surface area contributed by atoms with Crippen LogP contribution in [0, 0.1) is 5.92 Å². The normalized spacial score (nSPS) is 17.6. The molecule has 1 atom stereocenters. The average molecular weight is 455 g/mol. The van der Waals surface area contributed by atoms with Gasteiger partial charge in [0.05, 0.1) is 17.9 Å². The van der Waals surface area contributed by atoms with Crippen molar-refractivity contribution in [1.29, 1.82) is 0 Å². The van der Waals surface area contributed by atoms with E-state index in [0.29, 0.717) is 36.0 Å². The number of hydrogen-bond acceptors (Lipinski definition) is 8. The Bertz CT molecular complexity index is 960. The molecule has 1 aromatic heterocycles. The molecule has 0 bridgehead atoms. The Morgan fingerprint density at radius 2 is 2.17 bits per heavy atom. The molecule has 2 aromatic rings. The standard InChI is InChI=1S/C18H22N4O4S3/c1-3-11-27-18-21-20-17(28-18)19-16(23)13-5-4-10-22(12-13)29(24,25)15-8-6-14(26-2)7-9-15/h3,6-9,13H,1,4-5,10-12H2,2H3,(H,19,20,23)/t13-/m1/s1. The number of ether oxygens (including phenoxy) is 1. The molecule has 3 rings (SSSR count). The highest BCUT2D eigenvalue weighted by Gasteiger charge is 2.33. The zero-order chi connectivity index (χ0) is 20.9. The van der Waals surface area contributed by atoms with Gasteiger partial charge in [0.1, 0.15) is 5.75 Å². The second-order valence-corrected chi connectivity index (χ2v) is 10.5. The van der Waals surface area contributed by atoms with Gasteiger partial charge in [-0.25, -0.2) is 8.42 Å². The zero-order valence-corrected chi connectivity index (χ0v) is 18.4. The van der Waals surface area contributed by atoms with Gasteiger partial charge in [0.25, 0.3) is 0 Å². The molecule has 0 radical (unpaired) electrons. The quantitative estimate of drug-likeness (QED) is 0.372. The van der Waals surface area contributed by atoms with E-state index >= 15 is 0 Å². The molecule has 1 aliphatic heterocycles. The summed E-state index contributed by atoms with van der Waals surface area (Å²) in [6.07, 6.45) is 3.01. The van der Waals surface area contributed by atoms with Gasteiger partial charge in [0.2, 0.25) is 21.1 Å². The molecule has 29 heavy (non-hydrogen) atoms. The second-order valence-electron chi connectivity index (χ2n) is 6.34. The summed E-state index contributed by atoms with van der Waals surface area (Å²) in [6, 6.07) is 6.25. The number of amides is 1. The van der Waals surface area contributed by atoms with Gasteiger partial charge in [-0.1, -0.05) is 29.2 Å². The van der Waals surface area contributed by atoms with Gasteiger partial charge in [-0.2, -0.15) is 4.31 Å². The molecule has 1 amide bonds. The van der Waals surface area contributed by atoms with Crippen molar-refractivity contribution in [1.82, 2.24) is 14.5 Å². The predicted octanol–water partition coefficient (Wildman–Crippen LogP) is 2.86. The van der Waals surface area contributed by atoms with Crippen molar-refractivity contribution in [3.63, 3.8) is 0 Å². The number of aromatic nitrogens is 2. The summed E-state index contributed by atoms with van der Waals surface area (Å²) < 4.78 is 33.1. The number of methoxy groups -OCH3 is 1. The summed E-state index contributed by atoms with van der Waals surface area (Å²) in [5.41, 5.74) is 0. The van der Waals surface area contributed by atoms with Crippen LogP contribution >= 0.6 is 23.1 Å². The molecule has 8 nitrogen and oxygen atoms in total. The van der Waals surface area contributed by atoms with E-state index < -0.39 is 15.9 Å². The van der Waals surface area contributed by atoms with Gasteiger partial charge in [0.15, 0.2) is 4.34 Å². The molecule has 0 spiro atoms. The molecule has 11 heteroatoms. The Kier molecular flexibility index (Phi) is 7.28. The first kappa shape index (κ1) is 21.8. The lowest BCUT2D eigenvalue weighted by Crippen LogP contribution is -2.43. The molecule has 0 unspecified atom stereocenters. The summed E-state index contributed by atoms with van der Waals surface area (Å²) in [5, 5.41) is 11.2. The lowest BCUT2D eigenvalue weighted by atomic mass is 9.99. The van der Waals surface area contributed by atoms with E-state index in [2.05, 4.69) is 22.1 Å². The Labute approximate surface area is 178 Å². The van der Waals surface area contributed by atoms with E-state index in [-0.39, 0.29) is 17.3 Å². The van der Waals surface area contributed by atoms with E-state index in [9.17, 15) is 13.2 Å². The van der Waals surface area contributed by atoms with E-state index in [0.717, 1.165) is 4.34 Å². The highest BCUT2D eigenvalue weighted by Crippen LogP contribution is 2.28. The van der Waals surface area contributed by atoms with Crippen LogP contribution < -0.4 is 10.1 Å². The van der Waals surface area contributed by atoms with Crippen molar-refractivity contribution < 1.29 is 17.9 Å². The third kappa shape index (κ3) is 5.35. The van der Waals surface area contributed by atoms with Crippen LogP contribution in [0.25, 0.3) is 0 Å². The van der Waals surface area contributed by atoms with Crippen LogP contribution in [0.4, 0.5) is 5.13 Å². The molecule has 2 heterocycles. The van der Waals surface area contributed by atoms with Crippen LogP contribution in [0.15, 0.2) is 46.2 Å². The topological polar surface area (TPSA) is 101 Å². The molecule has 156 valence electrons. The highest BCUT2D eigenvalue weighted by atomic mass is 32.2. The van der Waals surface area contributed by atoms with Gasteiger partial charge in [-0.15, -0.1) is 16.8 Å². The zero-order valence-electron chi connectivity index (χ0n) is 15.9. The maximum atomic E-state index is 12.9. The van der Waals surface area contributed by atoms with E-state index in [1.165, 1.54) is 46.6 Å². The van der Waals surface area contributed by atoms with Crippen LogP contribution in [0.2, 0.25) is 0 Å². The maximum absolute atomic E-state index is 12.9. The summed E-state index contributed by atoms with van der Waals surface area (Å²) in [4.78, 5) is 12.8. The molecule has 1 N–H and O–H groups in total. The van der Waals surface area contributed by atoms with E-state index in [4.69, 9.17) is 4.74 Å². The molecule has 1 aromatic carbocycles. The number of piperidine rings is 1. The molecule has 0 aliphatic carbocycles. The third-order valence-electron chi connectivity index (χ3n) is 4.41. The van der Waals surface area contributed by atoms with Crippen LogP contribution in [0.3, 0.4) is 0 Å². The minimum Gasteiger partial charge on any atom is -0.497 e. The van der Waals surface area contributed by atoms with Crippen molar-refractivity contribution >= 4 is 44.2 Å². The van der Waals surface area contributed by atoms with Crippen LogP contribution in [0.5, 0.6) is 5.75 Å². The van der Waals surface area contributed by atoms with Gasteiger partial charge < -0.3 is 10.1 Å². The number of thioether (sulfide) groups is 1. The number of rotatable bonds is 8. The molecule has 1 saturated heterocycles. The van der Waals surface area contributed by atoms with Crippen LogP contribution in [-0.2, 0) is 14.8 Å². The Morgan fingerprint density at radius 3 is 2.86 bits per heavy atom. The fourth-order valence-corrected chi connectivity index (χ4v) is 5.97. The number of benzene rings is 1. The smallest absolute Gasteiger partial charge is 0.243 e. The molecular weight excluding hydrogens is 432 g/mol. The fraction of sp³-hybridized carbons (Fsp3) is 0.389. The Balaban J connectivity index is 1.65. The van der Waals surface area contributed by atoms with Gasteiger partial charge in [-0.05, 0) is 37.1 Å². The first-order valence-corrected chi connectivity index (χ1v) is 12.2. The minimum absolute atomic E-state index is 0.136. The van der Waals surface area contributed by atoms with Gasteiger partial charge >= 0.3 is 0 Å². The average Bonchev–Trinajstić information content (AvgIpc) is 3.19. The van der Waals surface area contributed by atoms with Crippen molar-refractivity contribution in [2.75, 3.05) is 31.3 Å². The highest BCUT2D eigenvalue weighted by molar-refractivity contribution is 8.01. The first-order valence-electron chi connectivity index (χ1n) is 8.96.